The number of aliphatic hydroxyl groups is 1. The summed E-state index contributed by atoms with van der Waals surface area (Å²) in [7, 11) is -1.91. The topological polar surface area (TPSA) is 70.5 Å². The van der Waals surface area contributed by atoms with Crippen molar-refractivity contribution in [1.29, 1.82) is 0 Å². The van der Waals surface area contributed by atoms with Gasteiger partial charge in [0.2, 0.25) is 10.0 Å². The minimum absolute atomic E-state index is 0.0761. The fourth-order valence-electron chi connectivity index (χ4n) is 2.40. The summed E-state index contributed by atoms with van der Waals surface area (Å²) in [6.07, 6.45) is 6.79. The van der Waals surface area contributed by atoms with Gasteiger partial charge in [0.05, 0.1) is 0 Å². The number of sulfonamides is 1. The van der Waals surface area contributed by atoms with Gasteiger partial charge in [0.25, 0.3) is 0 Å². The maximum atomic E-state index is 12.5. The van der Waals surface area contributed by atoms with Gasteiger partial charge in [-0.05, 0) is 18.9 Å². The largest absolute Gasteiger partial charge is 0.384 e. The summed E-state index contributed by atoms with van der Waals surface area (Å²) < 4.78 is 26.5. The minimum atomic E-state index is -3.53. The highest BCUT2D eigenvalue weighted by Gasteiger charge is 2.30. The summed E-state index contributed by atoms with van der Waals surface area (Å²) in [5.74, 6) is 5.15. The molecule has 1 aromatic rings. The fourth-order valence-corrected chi connectivity index (χ4v) is 3.81. The Balaban J connectivity index is 2.29. The van der Waals surface area contributed by atoms with Crippen LogP contribution in [0.4, 0.5) is 0 Å². The lowest BCUT2D eigenvalue weighted by Crippen LogP contribution is -2.35. The second-order valence-electron chi connectivity index (χ2n) is 4.83. The Hall–Kier alpha value is -1.42. The molecular weight excluding hydrogens is 276 g/mol. The molecule has 0 radical (unpaired) electrons. The summed E-state index contributed by atoms with van der Waals surface area (Å²) in [6, 6.07) is 1.57. The van der Waals surface area contributed by atoms with Crippen LogP contribution in [-0.2, 0) is 10.0 Å². The first-order chi connectivity index (χ1) is 9.55. The van der Waals surface area contributed by atoms with Crippen molar-refractivity contribution < 1.29 is 13.5 Å². The van der Waals surface area contributed by atoms with Gasteiger partial charge in [-0.3, -0.25) is 4.98 Å². The molecular formula is C14H18N2O3S. The number of aliphatic hydroxyl groups excluding tert-OH is 1. The van der Waals surface area contributed by atoms with Crippen LogP contribution >= 0.6 is 0 Å². The maximum Gasteiger partial charge on any atom is 0.244 e. The van der Waals surface area contributed by atoms with E-state index in [0.29, 0.717) is 5.56 Å². The molecule has 0 spiro atoms. The first kappa shape index (κ1) is 15.0. The lowest BCUT2D eigenvalue weighted by Gasteiger charge is -2.23. The van der Waals surface area contributed by atoms with Crippen molar-refractivity contribution in [1.82, 2.24) is 9.29 Å². The van der Waals surface area contributed by atoms with Crippen LogP contribution in [0.15, 0.2) is 23.4 Å². The molecule has 0 saturated heterocycles. The van der Waals surface area contributed by atoms with Crippen molar-refractivity contribution in [3.8, 4) is 11.8 Å². The molecule has 1 aliphatic carbocycles. The summed E-state index contributed by atoms with van der Waals surface area (Å²) in [6.45, 7) is -0.265. The van der Waals surface area contributed by atoms with E-state index in [1.165, 1.54) is 22.8 Å². The van der Waals surface area contributed by atoms with Gasteiger partial charge < -0.3 is 5.11 Å². The summed E-state index contributed by atoms with van der Waals surface area (Å²) in [5.41, 5.74) is 0.486. The molecule has 1 N–H and O–H groups in total. The van der Waals surface area contributed by atoms with E-state index in [1.54, 1.807) is 7.05 Å². The normalized spacial score (nSPS) is 16.1. The Morgan fingerprint density at radius 3 is 2.75 bits per heavy atom. The van der Waals surface area contributed by atoms with Crippen molar-refractivity contribution in [2.45, 2.75) is 36.6 Å². The molecule has 0 atom stereocenters. The van der Waals surface area contributed by atoms with E-state index in [2.05, 4.69) is 16.8 Å². The van der Waals surface area contributed by atoms with Gasteiger partial charge in [0, 0.05) is 31.0 Å². The third-order valence-electron chi connectivity index (χ3n) is 3.54. The Morgan fingerprint density at radius 2 is 2.10 bits per heavy atom. The van der Waals surface area contributed by atoms with Gasteiger partial charge in [-0.25, -0.2) is 8.42 Å². The first-order valence-corrected chi connectivity index (χ1v) is 8.02. The zero-order valence-electron chi connectivity index (χ0n) is 11.4. The van der Waals surface area contributed by atoms with Crippen LogP contribution in [0.5, 0.6) is 0 Å². The maximum absolute atomic E-state index is 12.5. The van der Waals surface area contributed by atoms with Gasteiger partial charge in [-0.2, -0.15) is 4.31 Å². The van der Waals surface area contributed by atoms with Crippen LogP contribution in [0, 0.1) is 11.8 Å². The third-order valence-corrected chi connectivity index (χ3v) is 5.42. The quantitative estimate of drug-likeness (QED) is 0.844. The van der Waals surface area contributed by atoms with Gasteiger partial charge in [-0.1, -0.05) is 24.7 Å². The molecule has 5 nitrogen and oxygen atoms in total. The molecule has 20 heavy (non-hydrogen) atoms. The summed E-state index contributed by atoms with van der Waals surface area (Å²) >= 11 is 0. The Labute approximate surface area is 119 Å². The summed E-state index contributed by atoms with van der Waals surface area (Å²) in [5, 5.41) is 8.67. The highest BCUT2D eigenvalue weighted by Crippen LogP contribution is 2.27. The number of hydrogen-bond acceptors (Lipinski definition) is 4. The Bertz CT molecular complexity index is 625. The van der Waals surface area contributed by atoms with Crippen LogP contribution in [-0.4, -0.2) is 42.5 Å². The highest BCUT2D eigenvalue weighted by molar-refractivity contribution is 7.89. The van der Waals surface area contributed by atoms with Crippen molar-refractivity contribution in [2.75, 3.05) is 13.7 Å². The zero-order chi connectivity index (χ0) is 14.6. The van der Waals surface area contributed by atoms with Crippen LogP contribution < -0.4 is 0 Å². The predicted octanol–water partition coefficient (Wildman–Crippen LogP) is 0.989. The van der Waals surface area contributed by atoms with E-state index < -0.39 is 10.0 Å². The molecule has 108 valence electrons. The van der Waals surface area contributed by atoms with Crippen LogP contribution in [0.1, 0.15) is 31.2 Å². The van der Waals surface area contributed by atoms with Crippen molar-refractivity contribution in [2.24, 2.45) is 0 Å². The zero-order valence-corrected chi connectivity index (χ0v) is 12.2. The standard InChI is InChI=1S/C14H18N2O3S/c1-16(13-6-2-3-7-13)20(18,19)14-9-12(5-4-8-17)10-15-11-14/h9-11,13,17H,2-3,6-8H2,1H3. The monoisotopic (exact) mass is 294 g/mol. The summed E-state index contributed by atoms with van der Waals surface area (Å²) in [4.78, 5) is 4.07. The van der Waals surface area contributed by atoms with E-state index in [4.69, 9.17) is 5.11 Å². The lowest BCUT2D eigenvalue weighted by molar-refractivity contribution is 0.350. The van der Waals surface area contributed by atoms with E-state index in [1.807, 2.05) is 0 Å². The Morgan fingerprint density at radius 1 is 1.40 bits per heavy atom. The average Bonchev–Trinajstić information content (AvgIpc) is 2.98. The first-order valence-electron chi connectivity index (χ1n) is 6.58. The van der Waals surface area contributed by atoms with E-state index in [9.17, 15) is 8.42 Å². The molecule has 0 aromatic carbocycles. The van der Waals surface area contributed by atoms with Crippen LogP contribution in [0.25, 0.3) is 0 Å². The lowest BCUT2D eigenvalue weighted by atomic mass is 10.3. The number of nitrogens with zero attached hydrogens (tertiary/aromatic N) is 2. The number of hydrogen-bond donors (Lipinski definition) is 1. The smallest absolute Gasteiger partial charge is 0.244 e. The second kappa shape index (κ2) is 6.35. The van der Waals surface area contributed by atoms with Gasteiger partial charge in [-0.15, -0.1) is 0 Å². The van der Waals surface area contributed by atoms with Crippen LogP contribution in [0.3, 0.4) is 0 Å². The number of aromatic nitrogens is 1. The van der Waals surface area contributed by atoms with Gasteiger partial charge in [0.15, 0.2) is 0 Å². The third kappa shape index (κ3) is 3.18. The number of pyridine rings is 1. The molecule has 1 aromatic heterocycles. The Kier molecular flexibility index (Phi) is 4.76. The van der Waals surface area contributed by atoms with Crippen molar-refractivity contribution >= 4 is 10.0 Å². The molecule has 6 heteroatoms. The average molecular weight is 294 g/mol. The minimum Gasteiger partial charge on any atom is -0.384 e. The molecule has 1 heterocycles. The molecule has 0 unspecified atom stereocenters. The molecule has 0 amide bonds. The molecule has 1 aliphatic rings. The second-order valence-corrected chi connectivity index (χ2v) is 6.83. The fraction of sp³-hybridized carbons (Fsp3) is 0.500. The van der Waals surface area contributed by atoms with Gasteiger partial charge in [0.1, 0.15) is 11.5 Å². The van der Waals surface area contributed by atoms with E-state index in [0.717, 1.165) is 25.7 Å². The molecule has 1 saturated carbocycles. The molecule has 2 rings (SSSR count). The van der Waals surface area contributed by atoms with E-state index in [-0.39, 0.29) is 17.5 Å². The number of rotatable bonds is 3. The highest BCUT2D eigenvalue weighted by atomic mass is 32.2. The predicted molar refractivity (Wildman–Crippen MR) is 75.4 cm³/mol. The molecule has 1 fully saturated rings. The van der Waals surface area contributed by atoms with Crippen molar-refractivity contribution in [3.05, 3.63) is 24.0 Å². The SMILES string of the molecule is CN(C1CCCC1)S(=O)(=O)c1cncc(C#CCO)c1. The molecule has 0 aliphatic heterocycles. The molecule has 0 bridgehead atoms. The van der Waals surface area contributed by atoms with E-state index >= 15 is 0 Å². The van der Waals surface area contributed by atoms with Gasteiger partial charge >= 0.3 is 0 Å². The van der Waals surface area contributed by atoms with Crippen molar-refractivity contribution in [3.63, 3.8) is 0 Å². The van der Waals surface area contributed by atoms with Crippen LogP contribution in [0.2, 0.25) is 0 Å².